The summed E-state index contributed by atoms with van der Waals surface area (Å²) in [7, 11) is 1.60. The molecule has 1 unspecified atom stereocenters. The predicted molar refractivity (Wildman–Crippen MR) is 66.7 cm³/mol. The molecule has 2 aromatic heterocycles. The van der Waals surface area contributed by atoms with Gasteiger partial charge in [0.25, 0.3) is 0 Å². The lowest BCUT2D eigenvalue weighted by atomic mass is 10.1. The highest BCUT2D eigenvalue weighted by molar-refractivity contribution is 5.34. The molecule has 0 aromatic carbocycles. The SMILES string of the molecule is COc1cccnc1C(NN)c1ccnc(C)n1. The highest BCUT2D eigenvalue weighted by Gasteiger charge is 2.19. The van der Waals surface area contributed by atoms with Crippen LogP contribution in [0.25, 0.3) is 0 Å². The van der Waals surface area contributed by atoms with Crippen LogP contribution in [-0.2, 0) is 0 Å². The van der Waals surface area contributed by atoms with Crippen molar-refractivity contribution in [2.75, 3.05) is 7.11 Å². The Morgan fingerprint density at radius 3 is 2.78 bits per heavy atom. The molecule has 0 aliphatic heterocycles. The maximum Gasteiger partial charge on any atom is 0.142 e. The molecule has 94 valence electrons. The number of rotatable bonds is 4. The number of methoxy groups -OCH3 is 1. The third-order valence-electron chi connectivity index (χ3n) is 2.55. The van der Waals surface area contributed by atoms with Gasteiger partial charge < -0.3 is 4.74 Å². The summed E-state index contributed by atoms with van der Waals surface area (Å²) in [5.74, 6) is 6.95. The zero-order chi connectivity index (χ0) is 13.0. The molecule has 1 atom stereocenters. The largest absolute Gasteiger partial charge is 0.495 e. The topological polar surface area (TPSA) is 86.0 Å². The quantitative estimate of drug-likeness (QED) is 0.610. The smallest absolute Gasteiger partial charge is 0.142 e. The monoisotopic (exact) mass is 245 g/mol. The summed E-state index contributed by atoms with van der Waals surface area (Å²) in [6.07, 6.45) is 3.38. The predicted octanol–water partition coefficient (Wildman–Crippen LogP) is 0.741. The summed E-state index contributed by atoms with van der Waals surface area (Å²) in [6.45, 7) is 1.83. The van der Waals surface area contributed by atoms with Gasteiger partial charge >= 0.3 is 0 Å². The molecule has 0 fully saturated rings. The molecule has 3 N–H and O–H groups in total. The van der Waals surface area contributed by atoms with E-state index in [1.54, 1.807) is 31.6 Å². The third kappa shape index (κ3) is 2.44. The first kappa shape index (κ1) is 12.4. The number of nitrogens with two attached hydrogens (primary N) is 1. The normalized spacial score (nSPS) is 12.2. The van der Waals surface area contributed by atoms with Crippen molar-refractivity contribution in [3.8, 4) is 5.75 Å². The Kier molecular flexibility index (Phi) is 3.81. The molecule has 6 nitrogen and oxygen atoms in total. The molecule has 2 heterocycles. The Labute approximate surface area is 105 Å². The van der Waals surface area contributed by atoms with E-state index in [9.17, 15) is 0 Å². The molecule has 2 aromatic rings. The molecule has 0 aliphatic carbocycles. The van der Waals surface area contributed by atoms with Crippen LogP contribution in [0.5, 0.6) is 5.75 Å². The molecule has 6 heteroatoms. The van der Waals surface area contributed by atoms with Gasteiger partial charge in [0.15, 0.2) is 0 Å². The van der Waals surface area contributed by atoms with Gasteiger partial charge in [-0.1, -0.05) is 0 Å². The lowest BCUT2D eigenvalue weighted by Crippen LogP contribution is -2.30. The summed E-state index contributed by atoms with van der Waals surface area (Å²) in [6, 6.07) is 5.11. The number of aryl methyl sites for hydroxylation is 1. The Balaban J connectivity index is 2.45. The number of pyridine rings is 1. The minimum Gasteiger partial charge on any atom is -0.495 e. The van der Waals surface area contributed by atoms with E-state index in [0.29, 0.717) is 17.3 Å². The zero-order valence-electron chi connectivity index (χ0n) is 10.3. The van der Waals surface area contributed by atoms with Crippen LogP contribution in [0.15, 0.2) is 30.6 Å². The first-order valence-corrected chi connectivity index (χ1v) is 5.51. The minimum atomic E-state index is -0.331. The number of hydrogen-bond donors (Lipinski definition) is 2. The second kappa shape index (κ2) is 5.52. The number of nitrogens with one attached hydrogen (secondary N) is 1. The van der Waals surface area contributed by atoms with Gasteiger partial charge in [0.2, 0.25) is 0 Å². The van der Waals surface area contributed by atoms with Crippen molar-refractivity contribution < 1.29 is 4.74 Å². The first-order valence-electron chi connectivity index (χ1n) is 5.51. The van der Waals surface area contributed by atoms with Crippen molar-refractivity contribution in [1.82, 2.24) is 20.4 Å². The second-order valence-electron chi connectivity index (χ2n) is 3.72. The fourth-order valence-electron chi connectivity index (χ4n) is 1.73. The van der Waals surface area contributed by atoms with Crippen LogP contribution in [0.2, 0.25) is 0 Å². The van der Waals surface area contributed by atoms with E-state index >= 15 is 0 Å². The van der Waals surface area contributed by atoms with Gasteiger partial charge in [-0.2, -0.15) is 0 Å². The molecular formula is C12H15N5O. The molecule has 0 spiro atoms. The molecule has 0 saturated heterocycles. The van der Waals surface area contributed by atoms with Crippen LogP contribution in [0, 0.1) is 6.92 Å². The van der Waals surface area contributed by atoms with Crippen LogP contribution in [0.1, 0.15) is 23.3 Å². The minimum absolute atomic E-state index is 0.331. The molecular weight excluding hydrogens is 230 g/mol. The van der Waals surface area contributed by atoms with Gasteiger partial charge in [0.05, 0.1) is 12.8 Å². The lowest BCUT2D eigenvalue weighted by molar-refractivity contribution is 0.399. The summed E-state index contributed by atoms with van der Waals surface area (Å²) < 4.78 is 5.28. The molecule has 0 aliphatic rings. The van der Waals surface area contributed by atoms with Crippen LogP contribution in [0.3, 0.4) is 0 Å². The average Bonchev–Trinajstić information content (AvgIpc) is 2.40. The molecule has 0 saturated carbocycles. The van der Waals surface area contributed by atoms with Gasteiger partial charge in [0.1, 0.15) is 23.3 Å². The van der Waals surface area contributed by atoms with E-state index in [1.165, 1.54) is 0 Å². The standard InChI is InChI=1S/C12H15N5O/c1-8-14-7-5-9(16-8)11(17-13)12-10(18-2)4-3-6-15-12/h3-7,11,17H,13H2,1-2H3. The molecule has 18 heavy (non-hydrogen) atoms. The fraction of sp³-hybridized carbons (Fsp3) is 0.250. The number of nitrogens with zero attached hydrogens (tertiary/aromatic N) is 3. The maximum absolute atomic E-state index is 5.60. The van der Waals surface area contributed by atoms with Gasteiger partial charge in [-0.15, -0.1) is 0 Å². The van der Waals surface area contributed by atoms with E-state index in [-0.39, 0.29) is 6.04 Å². The maximum atomic E-state index is 5.60. The Hall–Kier alpha value is -2.05. The van der Waals surface area contributed by atoms with Crippen molar-refractivity contribution in [2.45, 2.75) is 13.0 Å². The summed E-state index contributed by atoms with van der Waals surface area (Å²) in [4.78, 5) is 12.7. The summed E-state index contributed by atoms with van der Waals surface area (Å²) in [5.41, 5.74) is 4.15. The Bertz CT molecular complexity index is 531. The van der Waals surface area contributed by atoms with Crippen LogP contribution >= 0.6 is 0 Å². The van der Waals surface area contributed by atoms with E-state index in [2.05, 4.69) is 20.4 Å². The number of aromatic nitrogens is 3. The highest BCUT2D eigenvalue weighted by atomic mass is 16.5. The van der Waals surface area contributed by atoms with Gasteiger partial charge in [0, 0.05) is 12.4 Å². The molecule has 0 radical (unpaired) electrons. The van der Waals surface area contributed by atoms with Gasteiger partial charge in [-0.25, -0.2) is 15.4 Å². The van der Waals surface area contributed by atoms with Crippen LogP contribution < -0.4 is 16.0 Å². The fourth-order valence-corrected chi connectivity index (χ4v) is 1.73. The third-order valence-corrected chi connectivity index (χ3v) is 2.55. The van der Waals surface area contributed by atoms with Crippen molar-refractivity contribution in [2.24, 2.45) is 5.84 Å². The molecule has 2 rings (SSSR count). The van der Waals surface area contributed by atoms with Crippen molar-refractivity contribution >= 4 is 0 Å². The van der Waals surface area contributed by atoms with Crippen molar-refractivity contribution in [1.29, 1.82) is 0 Å². The lowest BCUT2D eigenvalue weighted by Gasteiger charge is -2.17. The van der Waals surface area contributed by atoms with Gasteiger partial charge in [-0.3, -0.25) is 10.8 Å². The van der Waals surface area contributed by atoms with Crippen molar-refractivity contribution in [3.63, 3.8) is 0 Å². The molecule has 0 bridgehead atoms. The van der Waals surface area contributed by atoms with E-state index < -0.39 is 0 Å². The number of hydrogen-bond acceptors (Lipinski definition) is 6. The average molecular weight is 245 g/mol. The second-order valence-corrected chi connectivity index (χ2v) is 3.72. The Morgan fingerprint density at radius 2 is 2.11 bits per heavy atom. The number of ether oxygens (including phenoxy) is 1. The Morgan fingerprint density at radius 1 is 1.28 bits per heavy atom. The zero-order valence-corrected chi connectivity index (χ0v) is 10.3. The van der Waals surface area contributed by atoms with Crippen molar-refractivity contribution in [3.05, 3.63) is 47.8 Å². The number of hydrazine groups is 1. The van der Waals surface area contributed by atoms with Crippen LogP contribution in [0.4, 0.5) is 0 Å². The van der Waals surface area contributed by atoms with Crippen LogP contribution in [-0.4, -0.2) is 22.1 Å². The molecule has 0 amide bonds. The van der Waals surface area contributed by atoms with E-state index in [1.807, 2.05) is 13.0 Å². The first-order chi connectivity index (χ1) is 8.76. The van der Waals surface area contributed by atoms with E-state index in [0.717, 1.165) is 5.69 Å². The summed E-state index contributed by atoms with van der Waals surface area (Å²) in [5, 5.41) is 0. The van der Waals surface area contributed by atoms with E-state index in [4.69, 9.17) is 10.6 Å². The van der Waals surface area contributed by atoms with Gasteiger partial charge in [-0.05, 0) is 25.1 Å². The summed E-state index contributed by atoms with van der Waals surface area (Å²) >= 11 is 0. The highest BCUT2D eigenvalue weighted by Crippen LogP contribution is 2.25.